The van der Waals surface area contributed by atoms with E-state index >= 15 is 4.39 Å². The van der Waals surface area contributed by atoms with Crippen LogP contribution in [0.2, 0.25) is 0 Å². The van der Waals surface area contributed by atoms with Crippen LogP contribution in [0.15, 0.2) is 50.6 Å². The molecule has 4 aromatic rings. The average molecular weight is 474 g/mol. The van der Waals surface area contributed by atoms with Crippen molar-refractivity contribution < 1.29 is 27.2 Å². The zero-order valence-corrected chi connectivity index (χ0v) is 17.9. The van der Waals surface area contributed by atoms with E-state index in [2.05, 4.69) is 15.1 Å². The lowest BCUT2D eigenvalue weighted by molar-refractivity contribution is 0.268. The Morgan fingerprint density at radius 1 is 1.12 bits per heavy atom. The van der Waals surface area contributed by atoms with Crippen LogP contribution in [0.5, 0.6) is 11.5 Å². The van der Waals surface area contributed by atoms with Gasteiger partial charge in [-0.25, -0.2) is 13.6 Å². The molecular formula is C22H17F3N4O5. The molecule has 0 bridgehead atoms. The van der Waals surface area contributed by atoms with Gasteiger partial charge in [-0.3, -0.25) is 14.3 Å². The summed E-state index contributed by atoms with van der Waals surface area (Å²) in [7, 11) is 1.49. The van der Waals surface area contributed by atoms with E-state index in [9.17, 15) is 18.4 Å². The first-order chi connectivity index (χ1) is 16.3. The molecule has 176 valence electrons. The van der Waals surface area contributed by atoms with Gasteiger partial charge in [0.15, 0.2) is 23.2 Å². The van der Waals surface area contributed by atoms with Crippen LogP contribution in [0, 0.1) is 24.4 Å². The predicted molar refractivity (Wildman–Crippen MR) is 112 cm³/mol. The summed E-state index contributed by atoms with van der Waals surface area (Å²) >= 11 is 0. The molecule has 0 saturated carbocycles. The predicted octanol–water partition coefficient (Wildman–Crippen LogP) is 2.95. The number of hydrogen-bond donors (Lipinski definition) is 1. The molecule has 12 heteroatoms. The Bertz CT molecular complexity index is 1460. The van der Waals surface area contributed by atoms with E-state index in [1.54, 1.807) is 24.3 Å². The highest BCUT2D eigenvalue weighted by Crippen LogP contribution is 2.33. The molecule has 0 aliphatic heterocycles. The molecular weight excluding hydrogens is 457 g/mol. The van der Waals surface area contributed by atoms with Gasteiger partial charge in [-0.2, -0.15) is 9.37 Å². The van der Waals surface area contributed by atoms with Gasteiger partial charge in [0.1, 0.15) is 12.4 Å². The third kappa shape index (κ3) is 4.56. The van der Waals surface area contributed by atoms with E-state index in [0.29, 0.717) is 17.4 Å². The Labute approximate surface area is 189 Å². The number of aromatic nitrogens is 4. The standard InChI is InChI=1S/C22H17F3N4O5/c1-11-8-29(22(31)27-20(11)30)9-16-26-21(34-28-16)14-7-15(23)18(25)19(17(14)24)33-10-12-3-5-13(32-2)6-4-12/h3-8H,9-10H2,1-2H3,(H,27,30,31). The molecule has 34 heavy (non-hydrogen) atoms. The third-order valence-electron chi connectivity index (χ3n) is 4.86. The van der Waals surface area contributed by atoms with Crippen molar-refractivity contribution in [1.29, 1.82) is 0 Å². The molecule has 0 unspecified atom stereocenters. The molecule has 0 amide bonds. The van der Waals surface area contributed by atoms with Crippen LogP contribution in [0.3, 0.4) is 0 Å². The minimum absolute atomic E-state index is 0.0617. The molecule has 2 aromatic heterocycles. The van der Waals surface area contributed by atoms with Gasteiger partial charge in [-0.15, -0.1) is 0 Å². The van der Waals surface area contributed by atoms with Crippen LogP contribution in [0.4, 0.5) is 13.2 Å². The van der Waals surface area contributed by atoms with Gasteiger partial charge in [0, 0.05) is 11.8 Å². The lowest BCUT2D eigenvalue weighted by Crippen LogP contribution is -2.31. The van der Waals surface area contributed by atoms with E-state index in [1.165, 1.54) is 20.2 Å². The van der Waals surface area contributed by atoms with Gasteiger partial charge >= 0.3 is 5.69 Å². The normalized spacial score (nSPS) is 11.0. The largest absolute Gasteiger partial charge is 0.497 e. The summed E-state index contributed by atoms with van der Waals surface area (Å²) in [5.74, 6) is -5.00. The fraction of sp³-hybridized carbons (Fsp3) is 0.182. The number of H-pyrrole nitrogens is 1. The van der Waals surface area contributed by atoms with Crippen LogP contribution in [-0.2, 0) is 13.2 Å². The molecule has 0 saturated heterocycles. The van der Waals surface area contributed by atoms with Gasteiger partial charge in [-0.1, -0.05) is 17.3 Å². The van der Waals surface area contributed by atoms with Crippen LogP contribution >= 0.6 is 0 Å². The maximum absolute atomic E-state index is 15.0. The van der Waals surface area contributed by atoms with E-state index < -0.39 is 45.9 Å². The molecule has 0 fully saturated rings. The summed E-state index contributed by atoms with van der Waals surface area (Å²) < 4.78 is 59.9. The average Bonchev–Trinajstić information content (AvgIpc) is 3.28. The second-order valence-corrected chi connectivity index (χ2v) is 7.21. The summed E-state index contributed by atoms with van der Waals surface area (Å²) in [5, 5.41) is 3.64. The quantitative estimate of drug-likeness (QED) is 0.410. The van der Waals surface area contributed by atoms with Crippen molar-refractivity contribution in [1.82, 2.24) is 19.7 Å². The molecule has 2 aromatic carbocycles. The molecule has 2 heterocycles. The number of aromatic amines is 1. The number of aryl methyl sites for hydroxylation is 1. The van der Waals surface area contributed by atoms with Crippen LogP contribution in [-0.4, -0.2) is 26.8 Å². The molecule has 9 nitrogen and oxygen atoms in total. The maximum Gasteiger partial charge on any atom is 0.328 e. The van der Waals surface area contributed by atoms with Gasteiger partial charge in [0.2, 0.25) is 5.82 Å². The Balaban J connectivity index is 1.60. The monoisotopic (exact) mass is 474 g/mol. The fourth-order valence-electron chi connectivity index (χ4n) is 3.06. The Morgan fingerprint density at radius 2 is 1.85 bits per heavy atom. The number of ether oxygens (including phenoxy) is 2. The smallest absolute Gasteiger partial charge is 0.328 e. The second kappa shape index (κ2) is 9.25. The highest BCUT2D eigenvalue weighted by Gasteiger charge is 2.25. The van der Waals surface area contributed by atoms with Crippen molar-refractivity contribution in [2.24, 2.45) is 0 Å². The Kier molecular flexibility index (Phi) is 6.21. The van der Waals surface area contributed by atoms with Crippen LogP contribution in [0.25, 0.3) is 11.5 Å². The number of halogens is 3. The number of methoxy groups -OCH3 is 1. The highest BCUT2D eigenvalue weighted by atomic mass is 19.2. The molecule has 0 aliphatic rings. The van der Waals surface area contributed by atoms with Crippen molar-refractivity contribution in [2.45, 2.75) is 20.1 Å². The van der Waals surface area contributed by atoms with Crippen molar-refractivity contribution in [3.05, 3.63) is 91.8 Å². The van der Waals surface area contributed by atoms with Gasteiger partial charge in [-0.05, 0) is 30.7 Å². The van der Waals surface area contributed by atoms with Crippen molar-refractivity contribution in [3.63, 3.8) is 0 Å². The molecule has 0 spiro atoms. The van der Waals surface area contributed by atoms with Gasteiger partial charge in [0.05, 0.1) is 19.2 Å². The molecule has 0 aliphatic carbocycles. The number of hydrogen-bond acceptors (Lipinski definition) is 7. The van der Waals surface area contributed by atoms with Gasteiger partial charge < -0.3 is 14.0 Å². The molecule has 0 radical (unpaired) electrons. The summed E-state index contributed by atoms with van der Waals surface area (Å²) in [6.07, 6.45) is 1.29. The van der Waals surface area contributed by atoms with Crippen molar-refractivity contribution >= 4 is 0 Å². The molecule has 0 atom stereocenters. The highest BCUT2D eigenvalue weighted by molar-refractivity contribution is 5.58. The summed E-state index contributed by atoms with van der Waals surface area (Å²) in [6.45, 7) is 1.04. The van der Waals surface area contributed by atoms with Gasteiger partial charge in [0.25, 0.3) is 11.4 Å². The number of benzene rings is 2. The van der Waals surface area contributed by atoms with Crippen molar-refractivity contribution in [2.75, 3.05) is 7.11 Å². The minimum atomic E-state index is -1.51. The Hall–Kier alpha value is -4.35. The SMILES string of the molecule is COc1ccc(COc2c(F)c(F)cc(-c3nc(Cn4cc(C)c(=O)[nH]c4=O)no3)c2F)cc1. The topological polar surface area (TPSA) is 112 Å². The number of nitrogens with one attached hydrogen (secondary N) is 1. The second-order valence-electron chi connectivity index (χ2n) is 7.21. The summed E-state index contributed by atoms with van der Waals surface area (Å²) in [5.41, 5.74) is -0.940. The van der Waals surface area contributed by atoms with Crippen LogP contribution < -0.4 is 20.7 Å². The third-order valence-corrected chi connectivity index (χ3v) is 4.86. The van der Waals surface area contributed by atoms with Crippen LogP contribution in [0.1, 0.15) is 17.0 Å². The first kappa shape index (κ1) is 22.8. The molecule has 4 rings (SSSR count). The number of nitrogens with zero attached hydrogens (tertiary/aromatic N) is 3. The first-order valence-corrected chi connectivity index (χ1v) is 9.83. The zero-order valence-electron chi connectivity index (χ0n) is 17.9. The van der Waals surface area contributed by atoms with E-state index in [0.717, 1.165) is 4.57 Å². The first-order valence-electron chi connectivity index (χ1n) is 9.83. The molecule has 1 N–H and O–H groups in total. The van der Waals surface area contributed by atoms with E-state index in [-0.39, 0.29) is 24.5 Å². The van der Waals surface area contributed by atoms with E-state index in [1.807, 2.05) is 0 Å². The van der Waals surface area contributed by atoms with Crippen molar-refractivity contribution in [3.8, 4) is 23.0 Å². The lowest BCUT2D eigenvalue weighted by Gasteiger charge is -2.11. The maximum atomic E-state index is 15.0. The lowest BCUT2D eigenvalue weighted by atomic mass is 10.1. The Morgan fingerprint density at radius 3 is 2.56 bits per heavy atom. The zero-order chi connectivity index (χ0) is 24.4. The summed E-state index contributed by atoms with van der Waals surface area (Å²) in [6, 6.07) is 7.09. The van der Waals surface area contributed by atoms with E-state index in [4.69, 9.17) is 14.0 Å². The minimum Gasteiger partial charge on any atom is -0.497 e. The fourth-order valence-corrected chi connectivity index (χ4v) is 3.06. The number of rotatable bonds is 7. The summed E-state index contributed by atoms with van der Waals surface area (Å²) in [4.78, 5) is 29.5.